The smallest absolute Gasteiger partial charge is 0.228 e. The van der Waals surface area contributed by atoms with Crippen molar-refractivity contribution >= 4 is 11.7 Å². The van der Waals surface area contributed by atoms with E-state index in [4.69, 9.17) is 0 Å². The lowest BCUT2D eigenvalue weighted by molar-refractivity contribution is -0.120. The van der Waals surface area contributed by atoms with Gasteiger partial charge in [0.15, 0.2) is 0 Å². The van der Waals surface area contributed by atoms with Crippen LogP contribution in [0.2, 0.25) is 0 Å². The number of nitrogens with zero attached hydrogens (tertiary/aromatic N) is 2. The highest BCUT2D eigenvalue weighted by atomic mass is 16.2. The first kappa shape index (κ1) is 10.9. The number of rotatable bonds is 3. The number of amides is 1. The van der Waals surface area contributed by atoms with Gasteiger partial charge in [-0.3, -0.25) is 4.79 Å². The summed E-state index contributed by atoms with van der Waals surface area (Å²) in [5.74, 6) is 1.02. The molecule has 0 saturated heterocycles. The molecule has 4 heteroatoms. The number of allylic oxidation sites excluding steroid dienone is 2. The maximum atomic E-state index is 11.9. The van der Waals surface area contributed by atoms with E-state index in [1.165, 1.54) is 0 Å². The number of hydrogen-bond acceptors (Lipinski definition) is 2. The zero-order valence-corrected chi connectivity index (χ0v) is 9.52. The molecule has 1 atom stereocenters. The van der Waals surface area contributed by atoms with Gasteiger partial charge in [-0.25, -0.2) is 4.68 Å². The van der Waals surface area contributed by atoms with Gasteiger partial charge in [0, 0.05) is 18.5 Å². The highest BCUT2D eigenvalue weighted by Gasteiger charge is 2.19. The van der Waals surface area contributed by atoms with Gasteiger partial charge in [-0.15, -0.1) is 0 Å². The Hall–Kier alpha value is -1.58. The fourth-order valence-electron chi connectivity index (χ4n) is 1.95. The lowest BCUT2D eigenvalue weighted by Gasteiger charge is -2.17. The number of aryl methyl sites for hydroxylation is 1. The number of nitrogens with one attached hydrogen (secondary N) is 1. The molecule has 1 aromatic heterocycles. The van der Waals surface area contributed by atoms with Crippen LogP contribution in [0.25, 0.3) is 0 Å². The van der Waals surface area contributed by atoms with E-state index in [9.17, 15) is 4.79 Å². The highest BCUT2D eigenvalue weighted by molar-refractivity contribution is 5.91. The number of anilines is 1. The lowest BCUT2D eigenvalue weighted by Crippen LogP contribution is -2.24. The second-order valence-electron chi connectivity index (χ2n) is 4.00. The summed E-state index contributed by atoms with van der Waals surface area (Å²) in [4.78, 5) is 11.9. The zero-order chi connectivity index (χ0) is 11.4. The molecule has 0 bridgehead atoms. The maximum absolute atomic E-state index is 11.9. The quantitative estimate of drug-likeness (QED) is 0.792. The van der Waals surface area contributed by atoms with Crippen LogP contribution in [0.1, 0.15) is 26.2 Å². The SMILES string of the molecule is CCn1nccc1NC(=O)[C@H]1CC=CCC1. The third-order valence-electron chi connectivity index (χ3n) is 2.91. The topological polar surface area (TPSA) is 46.9 Å². The summed E-state index contributed by atoms with van der Waals surface area (Å²) >= 11 is 0. The molecule has 1 aromatic rings. The Bertz CT molecular complexity index is 395. The van der Waals surface area contributed by atoms with E-state index in [2.05, 4.69) is 22.6 Å². The molecule has 1 aliphatic rings. The van der Waals surface area contributed by atoms with Crippen molar-refractivity contribution in [1.82, 2.24) is 9.78 Å². The first-order valence-electron chi connectivity index (χ1n) is 5.79. The first-order chi connectivity index (χ1) is 7.81. The van der Waals surface area contributed by atoms with Crippen molar-refractivity contribution in [2.24, 2.45) is 5.92 Å². The predicted molar refractivity (Wildman–Crippen MR) is 63.0 cm³/mol. The van der Waals surface area contributed by atoms with Crippen molar-refractivity contribution in [2.75, 3.05) is 5.32 Å². The molecule has 0 unspecified atom stereocenters. The van der Waals surface area contributed by atoms with Gasteiger partial charge in [-0.1, -0.05) is 12.2 Å². The van der Waals surface area contributed by atoms with E-state index in [0.29, 0.717) is 0 Å². The molecule has 0 spiro atoms. The molecule has 0 fully saturated rings. The van der Waals surface area contributed by atoms with Gasteiger partial charge >= 0.3 is 0 Å². The standard InChI is InChI=1S/C12H17N3O/c1-2-15-11(8-9-13-15)14-12(16)10-6-4-3-5-7-10/h3-4,8-10H,2,5-7H2,1H3,(H,14,16)/t10-/m0/s1. The van der Waals surface area contributed by atoms with E-state index < -0.39 is 0 Å². The van der Waals surface area contributed by atoms with Gasteiger partial charge in [-0.2, -0.15) is 5.10 Å². The van der Waals surface area contributed by atoms with Crippen LogP contribution in [0.5, 0.6) is 0 Å². The number of aromatic nitrogens is 2. The van der Waals surface area contributed by atoms with Crippen molar-refractivity contribution in [3.8, 4) is 0 Å². The lowest BCUT2D eigenvalue weighted by atomic mass is 9.94. The van der Waals surface area contributed by atoms with Gasteiger partial charge in [0.1, 0.15) is 5.82 Å². The highest BCUT2D eigenvalue weighted by Crippen LogP contribution is 2.20. The Labute approximate surface area is 95.3 Å². The van der Waals surface area contributed by atoms with Crippen LogP contribution in [0.15, 0.2) is 24.4 Å². The average molecular weight is 219 g/mol. The number of carbonyl (C=O) groups is 1. The van der Waals surface area contributed by atoms with Gasteiger partial charge in [0.2, 0.25) is 5.91 Å². The molecule has 4 nitrogen and oxygen atoms in total. The molecule has 0 radical (unpaired) electrons. The number of carbonyl (C=O) groups excluding carboxylic acids is 1. The molecule has 0 aliphatic heterocycles. The molecule has 1 heterocycles. The Balaban J connectivity index is 1.99. The van der Waals surface area contributed by atoms with Gasteiger partial charge < -0.3 is 5.32 Å². The average Bonchev–Trinajstić information content (AvgIpc) is 2.77. The molecule has 1 amide bonds. The molecule has 1 aliphatic carbocycles. The normalized spacial score (nSPS) is 19.7. The van der Waals surface area contributed by atoms with Crippen molar-refractivity contribution in [1.29, 1.82) is 0 Å². The van der Waals surface area contributed by atoms with Gasteiger partial charge in [0.05, 0.1) is 6.20 Å². The molecule has 0 saturated carbocycles. The summed E-state index contributed by atoms with van der Waals surface area (Å²) in [5.41, 5.74) is 0. The molecule has 0 aromatic carbocycles. The van der Waals surface area contributed by atoms with Crippen molar-refractivity contribution in [3.63, 3.8) is 0 Å². The Kier molecular flexibility index (Phi) is 3.39. The summed E-state index contributed by atoms with van der Waals surface area (Å²) < 4.78 is 1.79. The van der Waals surface area contributed by atoms with Crippen LogP contribution >= 0.6 is 0 Å². The summed E-state index contributed by atoms with van der Waals surface area (Å²) in [5, 5.41) is 7.06. The first-order valence-corrected chi connectivity index (χ1v) is 5.79. The second-order valence-corrected chi connectivity index (χ2v) is 4.00. The molecule has 1 N–H and O–H groups in total. The van der Waals surface area contributed by atoms with Crippen LogP contribution in [-0.4, -0.2) is 15.7 Å². The number of hydrogen-bond donors (Lipinski definition) is 1. The van der Waals surface area contributed by atoms with Crippen LogP contribution in [0, 0.1) is 5.92 Å². The fourth-order valence-corrected chi connectivity index (χ4v) is 1.95. The third kappa shape index (κ3) is 2.32. The minimum absolute atomic E-state index is 0.111. The van der Waals surface area contributed by atoms with Crippen LogP contribution < -0.4 is 5.32 Å². The maximum Gasteiger partial charge on any atom is 0.228 e. The largest absolute Gasteiger partial charge is 0.311 e. The van der Waals surface area contributed by atoms with Crippen molar-refractivity contribution in [2.45, 2.75) is 32.7 Å². The van der Waals surface area contributed by atoms with E-state index >= 15 is 0 Å². The minimum Gasteiger partial charge on any atom is -0.311 e. The molecule has 16 heavy (non-hydrogen) atoms. The van der Waals surface area contributed by atoms with E-state index in [1.54, 1.807) is 10.9 Å². The Morgan fingerprint density at radius 1 is 1.62 bits per heavy atom. The minimum atomic E-state index is 0.111. The van der Waals surface area contributed by atoms with Crippen LogP contribution in [0.4, 0.5) is 5.82 Å². The molecular formula is C12H17N3O. The molecule has 2 rings (SSSR count). The molecular weight excluding hydrogens is 202 g/mol. The fraction of sp³-hybridized carbons (Fsp3) is 0.500. The summed E-state index contributed by atoms with van der Waals surface area (Å²) in [6, 6.07) is 1.83. The monoisotopic (exact) mass is 219 g/mol. The summed E-state index contributed by atoms with van der Waals surface area (Å²) in [6.07, 6.45) is 8.74. The predicted octanol–water partition coefficient (Wildman–Crippen LogP) is 2.20. The van der Waals surface area contributed by atoms with E-state index in [1.807, 2.05) is 13.0 Å². The van der Waals surface area contributed by atoms with Crippen LogP contribution in [-0.2, 0) is 11.3 Å². The van der Waals surface area contributed by atoms with Crippen molar-refractivity contribution in [3.05, 3.63) is 24.4 Å². The van der Waals surface area contributed by atoms with E-state index in [-0.39, 0.29) is 11.8 Å². The van der Waals surface area contributed by atoms with Crippen LogP contribution in [0.3, 0.4) is 0 Å². The molecule has 86 valence electrons. The third-order valence-corrected chi connectivity index (χ3v) is 2.91. The van der Waals surface area contributed by atoms with Gasteiger partial charge in [0.25, 0.3) is 0 Å². The van der Waals surface area contributed by atoms with E-state index in [0.717, 1.165) is 31.6 Å². The Morgan fingerprint density at radius 3 is 3.19 bits per heavy atom. The van der Waals surface area contributed by atoms with Gasteiger partial charge in [-0.05, 0) is 26.2 Å². The second kappa shape index (κ2) is 4.96. The Morgan fingerprint density at radius 2 is 2.50 bits per heavy atom. The summed E-state index contributed by atoms with van der Waals surface area (Å²) in [7, 11) is 0. The zero-order valence-electron chi connectivity index (χ0n) is 9.52. The summed E-state index contributed by atoms with van der Waals surface area (Å²) in [6.45, 7) is 2.78. The van der Waals surface area contributed by atoms with Crippen molar-refractivity contribution < 1.29 is 4.79 Å².